The van der Waals surface area contributed by atoms with Crippen LogP contribution in [-0.4, -0.2) is 90.6 Å². The molecular weight excluding hydrogens is 818 g/mol. The predicted molar refractivity (Wildman–Crippen MR) is 176 cm³/mol. The molecule has 3 heterocycles. The van der Waals surface area contributed by atoms with Crippen molar-refractivity contribution in [3.8, 4) is 0 Å². The lowest BCUT2D eigenvalue weighted by molar-refractivity contribution is -0.354. The van der Waals surface area contributed by atoms with Crippen molar-refractivity contribution in [2.24, 2.45) is 0 Å². The minimum atomic E-state index is -6.76. The molecule has 57 heavy (non-hydrogen) atoms. The van der Waals surface area contributed by atoms with Gasteiger partial charge in [0.1, 0.15) is 8.07 Å². The predicted octanol–water partition coefficient (Wildman–Crippen LogP) is 8.51. The van der Waals surface area contributed by atoms with E-state index in [-0.39, 0.29) is 44.4 Å². The molecule has 300 valence electrons. The van der Waals surface area contributed by atoms with Crippen LogP contribution in [0.3, 0.4) is 0 Å². The highest BCUT2D eigenvalue weighted by molar-refractivity contribution is 7.07. The van der Waals surface area contributed by atoms with Gasteiger partial charge < -0.3 is 0 Å². The molecule has 5 aromatic rings. The summed E-state index contributed by atoms with van der Waals surface area (Å²) in [5.74, 6) is -31.7. The average Bonchev–Trinajstić information content (AvgIpc) is 3.41. The number of benzene rings is 5. The molecular formula is C36H20F14N2O4Si. The Bertz CT molecular complexity index is 2520. The zero-order chi connectivity index (χ0) is 42.1. The SMILES string of the molecule is CC[Si]1(CC)c2cc3c4c(ccc5c6ccc7c8c(cc1c(c2c45)c86)C(=O)N(CC(F)(F)C(F)(F)C(F)(F)F)C7=O)C(=O)N(CC(F)(F)C(F)(F)C(F)(F)F)C3=O. The summed E-state index contributed by atoms with van der Waals surface area (Å²) in [6.45, 7) is -1.95. The molecule has 0 aliphatic carbocycles. The highest BCUT2D eigenvalue weighted by Gasteiger charge is 2.75. The van der Waals surface area contributed by atoms with Gasteiger partial charge in [0.2, 0.25) is 0 Å². The van der Waals surface area contributed by atoms with Gasteiger partial charge in [-0.3, -0.25) is 29.0 Å². The van der Waals surface area contributed by atoms with E-state index in [1.54, 1.807) is 13.8 Å². The third-order valence-corrected chi connectivity index (χ3v) is 16.9. The Kier molecular flexibility index (Phi) is 7.55. The first-order valence-corrected chi connectivity index (χ1v) is 19.2. The summed E-state index contributed by atoms with van der Waals surface area (Å²) in [6.07, 6.45) is -13.5. The molecule has 0 N–H and O–H groups in total. The number of halogens is 14. The number of hydrogen-bond acceptors (Lipinski definition) is 4. The van der Waals surface area contributed by atoms with Crippen LogP contribution in [0.15, 0.2) is 36.4 Å². The standard InChI is InChI=1S/C36H20F14N2O4Si/c1-3-57(4-2)19-9-17-21-15(27(53)51(29(17)55)11-31(37,38)33(41,42)35(45,46)47)7-5-13-14-6-8-16-22-18(10-20(57)26(24(14)22)25(19)23(13)21)30(56)52(28(16)54)12-32(39,40)34(43,44)36(48,49)50/h5-10H,3-4,11-12H2,1-2H3. The quantitative estimate of drug-likeness (QED) is 0.0517. The summed E-state index contributed by atoms with van der Waals surface area (Å²) in [7, 11) is -3.40. The van der Waals surface area contributed by atoms with Crippen LogP contribution >= 0.6 is 0 Å². The largest absolute Gasteiger partial charge is 0.459 e. The van der Waals surface area contributed by atoms with Crippen molar-refractivity contribution in [1.82, 2.24) is 9.80 Å². The second-order valence-electron chi connectivity index (χ2n) is 14.3. The molecule has 4 amide bonds. The van der Waals surface area contributed by atoms with Crippen molar-refractivity contribution in [2.45, 2.75) is 62.0 Å². The summed E-state index contributed by atoms with van der Waals surface area (Å²) in [5.41, 5.74) is -2.00. The lowest BCUT2D eigenvalue weighted by atomic mass is 9.82. The van der Waals surface area contributed by atoms with Crippen LogP contribution < -0.4 is 10.4 Å². The van der Waals surface area contributed by atoms with Gasteiger partial charge in [-0.1, -0.05) is 38.1 Å². The van der Waals surface area contributed by atoms with E-state index in [1.165, 1.54) is 24.3 Å². The first-order chi connectivity index (χ1) is 26.1. The fraction of sp³-hybridized carbons (Fsp3) is 0.333. The number of hydrogen-bond donors (Lipinski definition) is 0. The zero-order valence-corrected chi connectivity index (χ0v) is 29.6. The minimum absolute atomic E-state index is 0.156. The number of fused-ring (bicyclic) bond motifs is 1. The Balaban J connectivity index is 1.38. The highest BCUT2D eigenvalue weighted by atomic mass is 28.3. The summed E-state index contributed by atoms with van der Waals surface area (Å²) in [5, 5.41) is 1.87. The number of amides is 4. The third kappa shape index (κ3) is 4.48. The molecule has 0 spiro atoms. The van der Waals surface area contributed by atoms with Gasteiger partial charge in [-0.25, -0.2) is 0 Å². The van der Waals surface area contributed by atoms with E-state index in [9.17, 15) is 80.6 Å². The summed E-state index contributed by atoms with van der Waals surface area (Å²) in [6, 6.07) is 7.37. The molecule has 3 aliphatic rings. The van der Waals surface area contributed by atoms with E-state index < -0.39 is 113 Å². The average molecular weight is 839 g/mol. The molecule has 0 saturated heterocycles. The van der Waals surface area contributed by atoms with Gasteiger partial charge in [-0.05, 0) is 67.0 Å². The molecule has 0 saturated carbocycles. The van der Waals surface area contributed by atoms with Crippen molar-refractivity contribution < 1.29 is 80.6 Å². The van der Waals surface area contributed by atoms with E-state index in [4.69, 9.17) is 0 Å². The normalized spacial score (nSPS) is 17.6. The van der Waals surface area contributed by atoms with Crippen LogP contribution in [0.2, 0.25) is 12.1 Å². The number of carbonyl (C=O) groups excluding carboxylic acids is 4. The summed E-state index contributed by atoms with van der Waals surface area (Å²) >= 11 is 0. The van der Waals surface area contributed by atoms with Crippen LogP contribution in [0.1, 0.15) is 55.3 Å². The molecule has 3 aliphatic heterocycles. The lowest BCUT2D eigenvalue weighted by Gasteiger charge is -2.35. The maximum atomic E-state index is 14.7. The van der Waals surface area contributed by atoms with Gasteiger partial charge in [0, 0.05) is 33.0 Å². The van der Waals surface area contributed by atoms with Gasteiger partial charge in [-0.2, -0.15) is 61.5 Å². The second kappa shape index (κ2) is 11.1. The number of alkyl halides is 14. The monoisotopic (exact) mass is 838 g/mol. The first-order valence-electron chi connectivity index (χ1n) is 16.8. The van der Waals surface area contributed by atoms with Crippen LogP contribution in [0.25, 0.3) is 43.1 Å². The molecule has 0 aromatic heterocycles. The van der Waals surface area contributed by atoms with Crippen molar-refractivity contribution >= 4 is 85.2 Å². The molecule has 0 fully saturated rings. The number of carbonyl (C=O) groups is 4. The minimum Gasteiger partial charge on any atom is -0.269 e. The third-order valence-electron chi connectivity index (χ3n) is 11.6. The van der Waals surface area contributed by atoms with Crippen LogP contribution in [0.4, 0.5) is 61.5 Å². The van der Waals surface area contributed by atoms with E-state index in [2.05, 4.69) is 0 Å². The summed E-state index contributed by atoms with van der Waals surface area (Å²) in [4.78, 5) is 54.4. The van der Waals surface area contributed by atoms with Gasteiger partial charge in [0.05, 0.1) is 13.1 Å². The Labute approximate surface area is 309 Å². The topological polar surface area (TPSA) is 74.8 Å². The fourth-order valence-electron chi connectivity index (χ4n) is 8.77. The Morgan fingerprint density at radius 1 is 0.456 bits per heavy atom. The van der Waals surface area contributed by atoms with E-state index in [0.29, 0.717) is 21.1 Å². The Morgan fingerprint density at radius 2 is 0.772 bits per heavy atom. The fourth-order valence-corrected chi connectivity index (χ4v) is 13.4. The van der Waals surface area contributed by atoms with Crippen molar-refractivity contribution in [3.63, 3.8) is 0 Å². The zero-order valence-electron chi connectivity index (χ0n) is 28.6. The maximum absolute atomic E-state index is 14.7. The van der Waals surface area contributed by atoms with Crippen molar-refractivity contribution in [1.29, 1.82) is 0 Å². The van der Waals surface area contributed by atoms with Crippen molar-refractivity contribution in [2.75, 3.05) is 13.1 Å². The smallest absolute Gasteiger partial charge is 0.269 e. The number of nitrogens with zero attached hydrogens (tertiary/aromatic N) is 2. The van der Waals surface area contributed by atoms with Crippen LogP contribution in [0.5, 0.6) is 0 Å². The number of imide groups is 2. The van der Waals surface area contributed by atoms with Crippen LogP contribution in [0, 0.1) is 0 Å². The van der Waals surface area contributed by atoms with Gasteiger partial charge in [-0.15, -0.1) is 0 Å². The van der Waals surface area contributed by atoms with Gasteiger partial charge in [0.15, 0.2) is 0 Å². The molecule has 0 bridgehead atoms. The van der Waals surface area contributed by atoms with E-state index >= 15 is 0 Å². The van der Waals surface area contributed by atoms with Gasteiger partial charge >= 0.3 is 36.0 Å². The van der Waals surface area contributed by atoms with Gasteiger partial charge in [0.25, 0.3) is 23.6 Å². The molecule has 21 heteroatoms. The highest BCUT2D eigenvalue weighted by Crippen LogP contribution is 2.52. The first kappa shape index (κ1) is 38.8. The maximum Gasteiger partial charge on any atom is 0.459 e. The van der Waals surface area contributed by atoms with Crippen molar-refractivity contribution in [3.05, 3.63) is 58.7 Å². The molecule has 6 nitrogen and oxygen atoms in total. The Hall–Kier alpha value is -5.08. The van der Waals surface area contributed by atoms with E-state index in [0.717, 1.165) is 12.1 Å². The Morgan fingerprint density at radius 3 is 1.07 bits per heavy atom. The molecule has 0 unspecified atom stereocenters. The molecule has 0 atom stereocenters. The molecule has 5 aromatic carbocycles. The summed E-state index contributed by atoms with van der Waals surface area (Å²) < 4.78 is 193. The van der Waals surface area contributed by atoms with Crippen LogP contribution in [-0.2, 0) is 0 Å². The van der Waals surface area contributed by atoms with E-state index in [1.807, 2.05) is 0 Å². The molecule has 0 radical (unpaired) electrons. The lowest BCUT2D eigenvalue weighted by Crippen LogP contribution is -2.59. The second-order valence-corrected chi connectivity index (χ2v) is 18.9. The molecule has 8 rings (SSSR count). The number of rotatable bonds is 8.